The second kappa shape index (κ2) is 7.63. The third-order valence-electron chi connectivity index (χ3n) is 4.35. The summed E-state index contributed by atoms with van der Waals surface area (Å²) < 4.78 is 13.3. The summed E-state index contributed by atoms with van der Waals surface area (Å²) in [7, 11) is 0. The molecule has 0 fully saturated rings. The van der Waals surface area contributed by atoms with Crippen LogP contribution in [0.15, 0.2) is 48.5 Å². The van der Waals surface area contributed by atoms with Gasteiger partial charge in [0.2, 0.25) is 0 Å². The third kappa shape index (κ3) is 4.18. The maximum atomic E-state index is 13.3. The number of aromatic nitrogens is 4. The molecular weight excluding hydrogens is 375 g/mol. The molecule has 8 nitrogen and oxygen atoms in total. The van der Waals surface area contributed by atoms with Crippen molar-refractivity contribution in [3.63, 3.8) is 0 Å². The van der Waals surface area contributed by atoms with Crippen LogP contribution in [-0.2, 0) is 6.42 Å². The molecule has 0 spiro atoms. The lowest BCUT2D eigenvalue weighted by Gasteiger charge is -2.08. The molecule has 0 unspecified atom stereocenters. The zero-order chi connectivity index (χ0) is 20.4. The molecule has 0 aliphatic carbocycles. The minimum Gasteiger partial charge on any atom is -0.369 e. The third-order valence-corrected chi connectivity index (χ3v) is 4.35. The number of hydrogen-bond donors (Lipinski definition) is 2. The molecule has 0 atom stereocenters. The molecular formula is C20H17FN6O2. The first-order valence-electron chi connectivity index (χ1n) is 8.96. The second-order valence-electron chi connectivity index (χ2n) is 6.54. The number of nitro groups is 1. The first kappa shape index (κ1) is 18.5. The van der Waals surface area contributed by atoms with Gasteiger partial charge >= 0.3 is 0 Å². The number of anilines is 1. The first-order chi connectivity index (χ1) is 14.0. The van der Waals surface area contributed by atoms with Gasteiger partial charge in [0, 0.05) is 42.4 Å². The van der Waals surface area contributed by atoms with Crippen molar-refractivity contribution in [3.8, 4) is 11.4 Å². The summed E-state index contributed by atoms with van der Waals surface area (Å²) in [5.74, 6) is 1.58. The first-order valence-corrected chi connectivity index (χ1v) is 8.96. The van der Waals surface area contributed by atoms with Crippen LogP contribution in [0.4, 0.5) is 15.9 Å². The Bertz CT molecular complexity index is 1190. The predicted octanol–water partition coefficient (Wildman–Crippen LogP) is 4.03. The number of aryl methyl sites for hydroxylation is 1. The molecule has 0 amide bonds. The van der Waals surface area contributed by atoms with Gasteiger partial charge in [-0.2, -0.15) is 0 Å². The molecule has 146 valence electrons. The Balaban J connectivity index is 1.46. The van der Waals surface area contributed by atoms with Crippen molar-refractivity contribution in [1.29, 1.82) is 0 Å². The smallest absolute Gasteiger partial charge is 0.269 e. The van der Waals surface area contributed by atoms with E-state index in [1.165, 1.54) is 24.3 Å². The van der Waals surface area contributed by atoms with E-state index in [9.17, 15) is 14.5 Å². The summed E-state index contributed by atoms with van der Waals surface area (Å²) in [6.45, 7) is 2.42. The summed E-state index contributed by atoms with van der Waals surface area (Å²) in [5, 5.41) is 14.0. The molecule has 29 heavy (non-hydrogen) atoms. The Labute approximate surface area is 165 Å². The van der Waals surface area contributed by atoms with E-state index < -0.39 is 4.92 Å². The molecule has 4 rings (SSSR count). The number of non-ortho nitro benzene ring substituents is 1. The molecule has 2 heterocycles. The van der Waals surface area contributed by atoms with Gasteiger partial charge < -0.3 is 10.3 Å². The van der Waals surface area contributed by atoms with E-state index in [1.807, 2.05) is 13.0 Å². The van der Waals surface area contributed by atoms with E-state index in [0.717, 1.165) is 17.0 Å². The Hall–Kier alpha value is -3.88. The highest BCUT2D eigenvalue weighted by Crippen LogP contribution is 2.21. The van der Waals surface area contributed by atoms with Crippen LogP contribution in [0, 0.1) is 22.9 Å². The minimum absolute atomic E-state index is 0.0190. The zero-order valence-corrected chi connectivity index (χ0v) is 15.5. The van der Waals surface area contributed by atoms with Gasteiger partial charge in [0.25, 0.3) is 5.69 Å². The number of halogens is 1. The maximum absolute atomic E-state index is 13.3. The molecule has 9 heteroatoms. The topological polar surface area (TPSA) is 110 Å². The Kier molecular flexibility index (Phi) is 4.86. The SMILES string of the molecule is Cc1cc(NCCc2nc3ccc(F)cc3[nH]2)nc(-c2ccc([N+](=O)[O-])cc2)n1. The number of H-pyrrole nitrogens is 1. The average Bonchev–Trinajstić information content (AvgIpc) is 3.09. The van der Waals surface area contributed by atoms with Gasteiger partial charge in [-0.05, 0) is 37.3 Å². The van der Waals surface area contributed by atoms with Crippen molar-refractivity contribution in [1.82, 2.24) is 19.9 Å². The quantitative estimate of drug-likeness (QED) is 0.379. The molecule has 2 N–H and O–H groups in total. The number of hydrogen-bond acceptors (Lipinski definition) is 6. The van der Waals surface area contributed by atoms with Gasteiger partial charge in [0.15, 0.2) is 5.82 Å². The lowest BCUT2D eigenvalue weighted by molar-refractivity contribution is -0.384. The van der Waals surface area contributed by atoms with Crippen LogP contribution in [0.1, 0.15) is 11.5 Å². The largest absolute Gasteiger partial charge is 0.369 e. The number of benzene rings is 2. The van der Waals surface area contributed by atoms with E-state index >= 15 is 0 Å². The fourth-order valence-corrected chi connectivity index (χ4v) is 2.98. The highest BCUT2D eigenvalue weighted by molar-refractivity contribution is 5.74. The van der Waals surface area contributed by atoms with Crippen LogP contribution < -0.4 is 5.32 Å². The summed E-state index contributed by atoms with van der Waals surface area (Å²) >= 11 is 0. The number of nitrogens with one attached hydrogen (secondary N) is 2. The number of fused-ring (bicyclic) bond motifs is 1. The lowest BCUT2D eigenvalue weighted by Crippen LogP contribution is -2.08. The van der Waals surface area contributed by atoms with Crippen LogP contribution in [-0.4, -0.2) is 31.4 Å². The molecule has 0 aliphatic heterocycles. The van der Waals surface area contributed by atoms with Crippen molar-refractivity contribution < 1.29 is 9.31 Å². The molecule has 2 aromatic heterocycles. The van der Waals surface area contributed by atoms with E-state index in [1.54, 1.807) is 18.2 Å². The van der Waals surface area contributed by atoms with Gasteiger partial charge in [0.1, 0.15) is 17.5 Å². The number of rotatable bonds is 6. The average molecular weight is 392 g/mol. The number of aromatic amines is 1. The maximum Gasteiger partial charge on any atom is 0.269 e. The molecule has 4 aromatic rings. The lowest BCUT2D eigenvalue weighted by atomic mass is 10.2. The predicted molar refractivity (Wildman–Crippen MR) is 107 cm³/mol. The standard InChI is InChI=1S/C20H17FN6O2/c1-12-10-19(26-20(23-12)13-2-5-15(6-3-13)27(28)29)22-9-8-18-24-16-7-4-14(21)11-17(16)25-18/h2-7,10-11H,8-9H2,1H3,(H,24,25)(H,22,23,26). The summed E-state index contributed by atoms with van der Waals surface area (Å²) in [6.07, 6.45) is 0.603. The molecule has 0 bridgehead atoms. The number of nitrogens with zero attached hydrogens (tertiary/aromatic N) is 4. The highest BCUT2D eigenvalue weighted by Gasteiger charge is 2.09. The fraction of sp³-hybridized carbons (Fsp3) is 0.150. The molecule has 2 aromatic carbocycles. The normalized spacial score (nSPS) is 11.0. The highest BCUT2D eigenvalue weighted by atomic mass is 19.1. The van der Waals surface area contributed by atoms with Crippen molar-refractivity contribution >= 4 is 22.5 Å². The zero-order valence-electron chi connectivity index (χ0n) is 15.5. The van der Waals surface area contributed by atoms with E-state index in [-0.39, 0.29) is 11.5 Å². The monoisotopic (exact) mass is 392 g/mol. The Morgan fingerprint density at radius 2 is 1.90 bits per heavy atom. The van der Waals surface area contributed by atoms with Crippen molar-refractivity contribution in [3.05, 3.63) is 76.0 Å². The number of nitro benzene ring substituents is 1. The van der Waals surface area contributed by atoms with Gasteiger partial charge in [-0.1, -0.05) is 0 Å². The van der Waals surface area contributed by atoms with Gasteiger partial charge in [-0.15, -0.1) is 0 Å². The number of imidazole rings is 1. The summed E-state index contributed by atoms with van der Waals surface area (Å²) in [5.41, 5.74) is 2.88. The van der Waals surface area contributed by atoms with Crippen LogP contribution in [0.3, 0.4) is 0 Å². The van der Waals surface area contributed by atoms with Crippen LogP contribution in [0.5, 0.6) is 0 Å². The summed E-state index contributed by atoms with van der Waals surface area (Å²) in [6, 6.07) is 12.4. The fourth-order valence-electron chi connectivity index (χ4n) is 2.98. The molecule has 0 radical (unpaired) electrons. The second-order valence-corrected chi connectivity index (χ2v) is 6.54. The van der Waals surface area contributed by atoms with E-state index in [4.69, 9.17) is 0 Å². The van der Waals surface area contributed by atoms with Gasteiger partial charge in [0.05, 0.1) is 16.0 Å². The minimum atomic E-state index is -0.444. The Morgan fingerprint density at radius 1 is 1.10 bits per heavy atom. The van der Waals surface area contributed by atoms with Crippen molar-refractivity contribution in [2.45, 2.75) is 13.3 Å². The van der Waals surface area contributed by atoms with E-state index in [2.05, 4.69) is 25.3 Å². The molecule has 0 aliphatic rings. The molecule has 0 saturated carbocycles. The molecule has 0 saturated heterocycles. The van der Waals surface area contributed by atoms with Crippen LogP contribution >= 0.6 is 0 Å². The summed E-state index contributed by atoms with van der Waals surface area (Å²) in [4.78, 5) is 26.8. The van der Waals surface area contributed by atoms with Crippen molar-refractivity contribution in [2.24, 2.45) is 0 Å². The van der Waals surface area contributed by atoms with Gasteiger partial charge in [-0.25, -0.2) is 19.3 Å². The van der Waals surface area contributed by atoms with Crippen molar-refractivity contribution in [2.75, 3.05) is 11.9 Å². The van der Waals surface area contributed by atoms with Crippen LogP contribution in [0.25, 0.3) is 22.4 Å². The van der Waals surface area contributed by atoms with Crippen LogP contribution in [0.2, 0.25) is 0 Å². The van der Waals surface area contributed by atoms with E-state index in [0.29, 0.717) is 35.7 Å². The Morgan fingerprint density at radius 3 is 2.66 bits per heavy atom. The van der Waals surface area contributed by atoms with Gasteiger partial charge in [-0.3, -0.25) is 10.1 Å².